The van der Waals surface area contributed by atoms with E-state index in [1.807, 2.05) is 0 Å². The van der Waals surface area contributed by atoms with Crippen molar-refractivity contribution in [1.29, 1.82) is 0 Å². The number of carbonyl (C=O) groups is 4. The van der Waals surface area contributed by atoms with Crippen LogP contribution in [0, 0.1) is 0 Å². The van der Waals surface area contributed by atoms with Crippen molar-refractivity contribution in [3.05, 3.63) is 59.7 Å². The SMILES string of the molecule is COC(=O)c1ccccc1NC(=O)CCCCC(=O)Nc1ccccc1C(=O)OC. The molecule has 158 valence electrons. The zero-order chi connectivity index (χ0) is 21.9. The minimum Gasteiger partial charge on any atom is -0.465 e. The minimum absolute atomic E-state index is 0.196. The van der Waals surface area contributed by atoms with Gasteiger partial charge in [0.25, 0.3) is 0 Å². The average Bonchev–Trinajstić information content (AvgIpc) is 2.76. The molecule has 2 aromatic rings. The monoisotopic (exact) mass is 412 g/mol. The highest BCUT2D eigenvalue weighted by molar-refractivity contribution is 6.02. The summed E-state index contributed by atoms with van der Waals surface area (Å²) in [5, 5.41) is 5.38. The van der Waals surface area contributed by atoms with Crippen molar-refractivity contribution in [2.45, 2.75) is 25.7 Å². The van der Waals surface area contributed by atoms with Crippen molar-refractivity contribution in [1.82, 2.24) is 0 Å². The molecule has 0 aliphatic heterocycles. The van der Waals surface area contributed by atoms with Gasteiger partial charge in [0.2, 0.25) is 11.8 Å². The molecule has 0 aromatic heterocycles. The number of hydrogen-bond donors (Lipinski definition) is 2. The summed E-state index contributed by atoms with van der Waals surface area (Å²) in [4.78, 5) is 47.8. The number of carbonyl (C=O) groups excluding carboxylic acids is 4. The van der Waals surface area contributed by atoms with Crippen molar-refractivity contribution in [3.8, 4) is 0 Å². The summed E-state index contributed by atoms with van der Waals surface area (Å²) in [6, 6.07) is 13.2. The van der Waals surface area contributed by atoms with E-state index in [0.29, 0.717) is 24.2 Å². The minimum atomic E-state index is -0.533. The van der Waals surface area contributed by atoms with Gasteiger partial charge >= 0.3 is 11.9 Å². The standard InChI is InChI=1S/C22H24N2O6/c1-29-21(27)15-9-3-5-11-17(15)23-19(25)13-7-8-14-20(26)24-18-12-6-4-10-16(18)22(28)30-2/h3-6,9-12H,7-8,13-14H2,1-2H3,(H,23,25)(H,24,26). The van der Waals surface area contributed by atoms with Crippen molar-refractivity contribution >= 4 is 35.1 Å². The Hall–Kier alpha value is -3.68. The number of amides is 2. The summed E-state index contributed by atoms with van der Waals surface area (Å²) in [5.74, 6) is -1.59. The van der Waals surface area contributed by atoms with Crippen LogP contribution < -0.4 is 10.6 Å². The van der Waals surface area contributed by atoms with Crippen LogP contribution in [0.3, 0.4) is 0 Å². The number of unbranched alkanes of at least 4 members (excludes halogenated alkanes) is 1. The Balaban J connectivity index is 1.79. The maximum atomic E-state index is 12.1. The molecular weight excluding hydrogens is 388 g/mol. The summed E-state index contributed by atoms with van der Waals surface area (Å²) in [6.45, 7) is 0. The van der Waals surface area contributed by atoms with E-state index in [4.69, 9.17) is 9.47 Å². The number of ether oxygens (including phenoxy) is 2. The molecule has 8 heteroatoms. The molecule has 0 unspecified atom stereocenters. The third-order valence-electron chi connectivity index (χ3n) is 4.27. The molecule has 2 rings (SSSR count). The Morgan fingerprint density at radius 3 is 1.40 bits per heavy atom. The average molecular weight is 412 g/mol. The van der Waals surface area contributed by atoms with Gasteiger partial charge in [-0.1, -0.05) is 24.3 Å². The second-order valence-corrected chi connectivity index (χ2v) is 6.38. The van der Waals surface area contributed by atoms with Gasteiger partial charge in [-0.05, 0) is 37.1 Å². The first-order chi connectivity index (χ1) is 14.5. The van der Waals surface area contributed by atoms with E-state index in [2.05, 4.69) is 10.6 Å². The molecular formula is C22H24N2O6. The topological polar surface area (TPSA) is 111 Å². The van der Waals surface area contributed by atoms with Gasteiger partial charge in [-0.3, -0.25) is 9.59 Å². The molecule has 0 aliphatic carbocycles. The number of benzene rings is 2. The van der Waals surface area contributed by atoms with E-state index in [1.54, 1.807) is 48.5 Å². The molecule has 2 amide bonds. The molecule has 0 heterocycles. The van der Waals surface area contributed by atoms with Crippen LogP contribution in [-0.4, -0.2) is 38.0 Å². The van der Waals surface area contributed by atoms with Crippen LogP contribution in [0.25, 0.3) is 0 Å². The third-order valence-corrected chi connectivity index (χ3v) is 4.27. The molecule has 2 N–H and O–H groups in total. The quantitative estimate of drug-likeness (QED) is 0.482. The number of methoxy groups -OCH3 is 2. The van der Waals surface area contributed by atoms with Crippen LogP contribution in [0.15, 0.2) is 48.5 Å². The fraction of sp³-hybridized carbons (Fsp3) is 0.273. The number of para-hydroxylation sites is 2. The molecule has 30 heavy (non-hydrogen) atoms. The first kappa shape index (κ1) is 22.6. The van der Waals surface area contributed by atoms with Gasteiger partial charge in [0, 0.05) is 12.8 Å². The number of anilines is 2. The zero-order valence-corrected chi connectivity index (χ0v) is 16.9. The normalized spacial score (nSPS) is 10.1. The van der Waals surface area contributed by atoms with Crippen molar-refractivity contribution in [2.24, 2.45) is 0 Å². The highest BCUT2D eigenvalue weighted by Crippen LogP contribution is 2.18. The predicted octanol–water partition coefficient (Wildman–Crippen LogP) is 3.40. The summed E-state index contributed by atoms with van der Waals surface area (Å²) in [6.07, 6.45) is 1.36. The van der Waals surface area contributed by atoms with E-state index in [0.717, 1.165) is 0 Å². The van der Waals surface area contributed by atoms with Gasteiger partial charge in [-0.2, -0.15) is 0 Å². The lowest BCUT2D eigenvalue weighted by atomic mass is 10.1. The van der Waals surface area contributed by atoms with Crippen molar-refractivity contribution in [2.75, 3.05) is 24.9 Å². The first-order valence-electron chi connectivity index (χ1n) is 9.40. The van der Waals surface area contributed by atoms with E-state index < -0.39 is 11.9 Å². The van der Waals surface area contributed by atoms with Crippen LogP contribution >= 0.6 is 0 Å². The van der Waals surface area contributed by atoms with E-state index in [9.17, 15) is 19.2 Å². The number of hydrogen-bond acceptors (Lipinski definition) is 6. The van der Waals surface area contributed by atoms with Crippen LogP contribution in [0.2, 0.25) is 0 Å². The lowest BCUT2D eigenvalue weighted by Gasteiger charge is -2.10. The van der Waals surface area contributed by atoms with E-state index >= 15 is 0 Å². The summed E-state index contributed by atoms with van der Waals surface area (Å²) in [5.41, 5.74) is 1.31. The highest BCUT2D eigenvalue weighted by atomic mass is 16.5. The molecule has 0 atom stereocenters. The molecule has 0 fully saturated rings. The third kappa shape index (κ3) is 6.44. The smallest absolute Gasteiger partial charge is 0.339 e. The highest BCUT2D eigenvalue weighted by Gasteiger charge is 2.14. The molecule has 0 radical (unpaired) electrons. The lowest BCUT2D eigenvalue weighted by Crippen LogP contribution is -2.16. The lowest BCUT2D eigenvalue weighted by molar-refractivity contribution is -0.118. The maximum Gasteiger partial charge on any atom is 0.339 e. The van der Waals surface area contributed by atoms with Gasteiger partial charge in [0.1, 0.15) is 0 Å². The molecule has 0 spiro atoms. The summed E-state index contributed by atoms with van der Waals surface area (Å²) >= 11 is 0. The Morgan fingerprint density at radius 2 is 1.03 bits per heavy atom. The van der Waals surface area contributed by atoms with Gasteiger partial charge in [0.05, 0.1) is 36.7 Å². The Labute approximate surface area is 174 Å². The Kier molecular flexibility index (Phi) is 8.56. The van der Waals surface area contributed by atoms with Gasteiger partial charge in [0.15, 0.2) is 0 Å². The van der Waals surface area contributed by atoms with E-state index in [-0.39, 0.29) is 35.8 Å². The largest absolute Gasteiger partial charge is 0.465 e. The Bertz CT molecular complexity index is 850. The maximum absolute atomic E-state index is 12.1. The summed E-state index contributed by atoms with van der Waals surface area (Å²) < 4.78 is 9.40. The van der Waals surface area contributed by atoms with Crippen molar-refractivity contribution < 1.29 is 28.7 Å². The molecule has 0 saturated carbocycles. The fourth-order valence-electron chi connectivity index (χ4n) is 2.76. The second-order valence-electron chi connectivity index (χ2n) is 6.38. The first-order valence-corrected chi connectivity index (χ1v) is 9.40. The van der Waals surface area contributed by atoms with Gasteiger partial charge < -0.3 is 20.1 Å². The van der Waals surface area contributed by atoms with Crippen molar-refractivity contribution in [3.63, 3.8) is 0 Å². The molecule has 8 nitrogen and oxygen atoms in total. The van der Waals surface area contributed by atoms with Crippen LogP contribution in [-0.2, 0) is 19.1 Å². The van der Waals surface area contributed by atoms with Crippen LogP contribution in [0.1, 0.15) is 46.4 Å². The number of esters is 2. The van der Waals surface area contributed by atoms with E-state index in [1.165, 1.54) is 14.2 Å². The van der Waals surface area contributed by atoms with Crippen LogP contribution in [0.4, 0.5) is 11.4 Å². The molecule has 2 aromatic carbocycles. The predicted molar refractivity (Wildman–Crippen MR) is 111 cm³/mol. The zero-order valence-electron chi connectivity index (χ0n) is 16.9. The van der Waals surface area contributed by atoms with Gasteiger partial charge in [-0.15, -0.1) is 0 Å². The molecule has 0 aliphatic rings. The van der Waals surface area contributed by atoms with Gasteiger partial charge in [-0.25, -0.2) is 9.59 Å². The number of nitrogens with one attached hydrogen (secondary N) is 2. The molecule has 0 bridgehead atoms. The second kappa shape index (κ2) is 11.4. The fourth-order valence-corrected chi connectivity index (χ4v) is 2.76. The summed E-state index contributed by atoms with van der Waals surface area (Å²) in [7, 11) is 2.55. The molecule has 0 saturated heterocycles. The number of rotatable bonds is 9. The Morgan fingerprint density at radius 1 is 0.667 bits per heavy atom. The van der Waals surface area contributed by atoms with Crippen LogP contribution in [0.5, 0.6) is 0 Å².